The zero-order chi connectivity index (χ0) is 16.1. The summed E-state index contributed by atoms with van der Waals surface area (Å²) >= 11 is 6.02. The summed E-state index contributed by atoms with van der Waals surface area (Å²) in [5, 5.41) is 0.453. The number of aryl methyl sites for hydroxylation is 1. The van der Waals surface area contributed by atoms with Crippen molar-refractivity contribution in [1.29, 1.82) is 0 Å². The first-order valence-electron chi connectivity index (χ1n) is 7.50. The number of fused-ring (bicyclic) bond motifs is 2. The van der Waals surface area contributed by atoms with Crippen molar-refractivity contribution in [3.63, 3.8) is 0 Å². The van der Waals surface area contributed by atoms with Crippen LogP contribution in [0.4, 0.5) is 10.6 Å². The van der Waals surface area contributed by atoms with Gasteiger partial charge in [-0.05, 0) is 34.1 Å². The molecule has 2 fully saturated rings. The molecule has 2 bridgehead atoms. The molecule has 7 heteroatoms. The van der Waals surface area contributed by atoms with Crippen molar-refractivity contribution in [1.82, 2.24) is 14.9 Å². The molecule has 0 unspecified atom stereocenters. The summed E-state index contributed by atoms with van der Waals surface area (Å²) in [7, 11) is 0. The predicted octanol–water partition coefficient (Wildman–Crippen LogP) is 2.64. The van der Waals surface area contributed by atoms with Crippen LogP contribution in [0.1, 0.15) is 33.0 Å². The van der Waals surface area contributed by atoms with Crippen LogP contribution in [0.5, 0.6) is 0 Å². The minimum atomic E-state index is -0.462. The fraction of sp³-hybridized carbons (Fsp3) is 0.667. The van der Waals surface area contributed by atoms with Crippen LogP contribution in [0.25, 0.3) is 0 Å². The van der Waals surface area contributed by atoms with Crippen LogP contribution in [0, 0.1) is 6.92 Å². The van der Waals surface area contributed by atoms with E-state index < -0.39 is 5.60 Å². The van der Waals surface area contributed by atoms with Crippen LogP contribution in [-0.2, 0) is 4.74 Å². The highest BCUT2D eigenvalue weighted by Gasteiger charge is 2.47. The number of hydrogen-bond acceptors (Lipinski definition) is 5. The Morgan fingerprint density at radius 2 is 2.05 bits per heavy atom. The van der Waals surface area contributed by atoms with Gasteiger partial charge >= 0.3 is 6.09 Å². The number of nitrogens with zero attached hydrogens (tertiary/aromatic N) is 4. The molecule has 0 spiro atoms. The van der Waals surface area contributed by atoms with Gasteiger partial charge in [0.05, 0.1) is 12.1 Å². The maximum atomic E-state index is 12.2. The molecule has 2 saturated heterocycles. The highest BCUT2D eigenvalue weighted by atomic mass is 35.5. The maximum absolute atomic E-state index is 12.2. The van der Waals surface area contributed by atoms with Gasteiger partial charge in [-0.25, -0.2) is 14.8 Å². The minimum absolute atomic E-state index is 0.175. The van der Waals surface area contributed by atoms with Gasteiger partial charge in [-0.1, -0.05) is 11.6 Å². The molecule has 2 aliphatic rings. The summed E-state index contributed by atoms with van der Waals surface area (Å²) < 4.78 is 5.48. The lowest BCUT2D eigenvalue weighted by molar-refractivity contribution is 0.0214. The van der Waals surface area contributed by atoms with E-state index in [1.807, 2.05) is 32.6 Å². The monoisotopic (exact) mass is 324 g/mol. The minimum Gasteiger partial charge on any atom is -0.444 e. The topological polar surface area (TPSA) is 58.6 Å². The zero-order valence-corrected chi connectivity index (χ0v) is 14.1. The average Bonchev–Trinajstić information content (AvgIpc) is 2.94. The molecule has 3 heterocycles. The first kappa shape index (κ1) is 15.3. The van der Waals surface area contributed by atoms with E-state index in [2.05, 4.69) is 14.9 Å². The lowest BCUT2D eigenvalue weighted by Gasteiger charge is -2.35. The van der Waals surface area contributed by atoms with Gasteiger partial charge in [0.1, 0.15) is 22.4 Å². The predicted molar refractivity (Wildman–Crippen MR) is 84.3 cm³/mol. The third kappa shape index (κ3) is 2.97. The number of piperazine rings is 1. The van der Waals surface area contributed by atoms with E-state index in [1.165, 1.54) is 0 Å². The van der Waals surface area contributed by atoms with Gasteiger partial charge in [0.2, 0.25) is 0 Å². The van der Waals surface area contributed by atoms with Crippen molar-refractivity contribution in [2.24, 2.45) is 0 Å². The Kier molecular flexibility index (Phi) is 3.67. The van der Waals surface area contributed by atoms with E-state index in [0.29, 0.717) is 17.5 Å². The van der Waals surface area contributed by atoms with Gasteiger partial charge in [0.25, 0.3) is 0 Å². The smallest absolute Gasteiger partial charge is 0.410 e. The number of carbonyl (C=O) groups is 1. The molecule has 1 aromatic heterocycles. The third-order valence-corrected chi connectivity index (χ3v) is 4.15. The van der Waals surface area contributed by atoms with Gasteiger partial charge in [-0.3, -0.25) is 0 Å². The van der Waals surface area contributed by atoms with E-state index >= 15 is 0 Å². The average molecular weight is 325 g/mol. The molecule has 0 aromatic carbocycles. The first-order chi connectivity index (χ1) is 10.2. The largest absolute Gasteiger partial charge is 0.444 e. The summed E-state index contributed by atoms with van der Waals surface area (Å²) in [4.78, 5) is 24.8. The maximum Gasteiger partial charge on any atom is 0.410 e. The second kappa shape index (κ2) is 5.26. The Hall–Kier alpha value is -1.56. The van der Waals surface area contributed by atoms with Gasteiger partial charge in [-0.15, -0.1) is 0 Å². The number of ether oxygens (including phenoxy) is 1. The molecular weight excluding hydrogens is 304 g/mol. The van der Waals surface area contributed by atoms with Crippen molar-refractivity contribution in [2.75, 3.05) is 18.0 Å². The van der Waals surface area contributed by atoms with Crippen LogP contribution in [0.15, 0.2) is 6.07 Å². The Balaban J connectivity index is 1.70. The summed E-state index contributed by atoms with van der Waals surface area (Å²) in [6, 6.07) is 2.23. The van der Waals surface area contributed by atoms with Crippen molar-refractivity contribution in [3.05, 3.63) is 17.0 Å². The first-order valence-corrected chi connectivity index (χ1v) is 7.88. The summed E-state index contributed by atoms with van der Waals surface area (Å²) in [6.45, 7) is 8.92. The van der Waals surface area contributed by atoms with Crippen molar-refractivity contribution < 1.29 is 9.53 Å². The van der Waals surface area contributed by atoms with Crippen LogP contribution >= 0.6 is 11.6 Å². The standard InChI is InChI=1S/C15H21ClN4O2/c1-9-17-12(16)6-13(18-9)19-7-11-5-10(19)8-20(11)14(21)22-15(2,3)4/h6,10-11H,5,7-8H2,1-4H3/t10-,11-/m0/s1. The molecule has 0 aliphatic carbocycles. The molecule has 2 atom stereocenters. The summed E-state index contributed by atoms with van der Waals surface area (Å²) in [5.41, 5.74) is -0.462. The highest BCUT2D eigenvalue weighted by Crippen LogP contribution is 2.35. The fourth-order valence-corrected chi connectivity index (χ4v) is 3.38. The van der Waals surface area contributed by atoms with Gasteiger partial charge in [-0.2, -0.15) is 0 Å². The molecule has 0 N–H and O–H groups in total. The molecule has 2 aliphatic heterocycles. The lowest BCUT2D eigenvalue weighted by atomic mass is 10.2. The SMILES string of the molecule is Cc1nc(Cl)cc(N2C[C@@H]3C[C@H]2CN3C(=O)OC(C)(C)C)n1. The highest BCUT2D eigenvalue weighted by molar-refractivity contribution is 6.29. The quantitative estimate of drug-likeness (QED) is 0.743. The molecule has 1 amide bonds. The van der Waals surface area contributed by atoms with Crippen molar-refractivity contribution in [2.45, 2.75) is 51.8 Å². The number of aromatic nitrogens is 2. The molecule has 3 rings (SSSR count). The number of amides is 1. The number of rotatable bonds is 1. The summed E-state index contributed by atoms with van der Waals surface area (Å²) in [6.07, 6.45) is 0.719. The van der Waals surface area contributed by atoms with E-state index in [9.17, 15) is 4.79 Å². The van der Waals surface area contributed by atoms with Crippen LogP contribution in [0.2, 0.25) is 5.15 Å². The van der Waals surface area contributed by atoms with E-state index in [-0.39, 0.29) is 18.2 Å². The molecule has 0 radical (unpaired) electrons. The molecule has 0 saturated carbocycles. The van der Waals surface area contributed by atoms with Crippen LogP contribution < -0.4 is 4.90 Å². The molecule has 120 valence electrons. The molecule has 6 nitrogen and oxygen atoms in total. The molecule has 1 aromatic rings. The third-order valence-electron chi connectivity index (χ3n) is 3.96. The number of likely N-dealkylation sites (tertiary alicyclic amines) is 1. The van der Waals surface area contributed by atoms with Gasteiger partial charge in [0, 0.05) is 19.2 Å². The van der Waals surface area contributed by atoms with Gasteiger partial charge in [0.15, 0.2) is 0 Å². The fourth-order valence-electron chi connectivity index (χ4n) is 3.16. The van der Waals surface area contributed by atoms with Crippen molar-refractivity contribution >= 4 is 23.5 Å². The number of anilines is 1. The summed E-state index contributed by atoms with van der Waals surface area (Å²) in [5.74, 6) is 1.50. The second-order valence-electron chi connectivity index (χ2n) is 6.92. The number of carbonyl (C=O) groups excluding carboxylic acids is 1. The Morgan fingerprint density at radius 1 is 1.32 bits per heavy atom. The van der Waals surface area contributed by atoms with E-state index in [0.717, 1.165) is 18.8 Å². The lowest BCUT2D eigenvalue weighted by Crippen LogP contribution is -2.50. The Labute approximate surface area is 135 Å². The van der Waals surface area contributed by atoms with Crippen LogP contribution in [0.3, 0.4) is 0 Å². The van der Waals surface area contributed by atoms with E-state index in [1.54, 1.807) is 6.07 Å². The van der Waals surface area contributed by atoms with Gasteiger partial charge < -0.3 is 14.5 Å². The normalized spacial score (nSPS) is 24.0. The number of halogens is 1. The van der Waals surface area contributed by atoms with Crippen LogP contribution in [-0.4, -0.2) is 51.7 Å². The van der Waals surface area contributed by atoms with E-state index in [4.69, 9.17) is 16.3 Å². The van der Waals surface area contributed by atoms with Crippen molar-refractivity contribution in [3.8, 4) is 0 Å². The molecule has 22 heavy (non-hydrogen) atoms. The Bertz CT molecular complexity index is 581. The number of hydrogen-bond donors (Lipinski definition) is 0. The zero-order valence-electron chi connectivity index (χ0n) is 13.3. The molecular formula is C15H21ClN4O2. The second-order valence-corrected chi connectivity index (χ2v) is 7.31. The Morgan fingerprint density at radius 3 is 2.59 bits per heavy atom.